The molecule has 0 bridgehead atoms. The number of amides is 1. The molecular formula is C15H23N3O2. The standard InChI is InChI=1S/C15H23N3O2/c1-17(2)15(19)11-4-5-13(16)14(10-11)18-8-6-12(20-3)7-9-18/h4-5,10,12H,6-9,16H2,1-3H3. The molecule has 0 atom stereocenters. The van der Waals surface area contributed by atoms with Crippen LogP contribution in [0.5, 0.6) is 0 Å². The third-order valence-electron chi connectivity index (χ3n) is 3.80. The Labute approximate surface area is 120 Å². The molecule has 0 aliphatic carbocycles. The van der Waals surface area contributed by atoms with Crippen molar-refractivity contribution in [2.45, 2.75) is 18.9 Å². The Kier molecular flexibility index (Phi) is 4.49. The zero-order valence-electron chi connectivity index (χ0n) is 12.4. The van der Waals surface area contributed by atoms with Gasteiger partial charge in [-0.2, -0.15) is 0 Å². The van der Waals surface area contributed by atoms with Crippen LogP contribution < -0.4 is 10.6 Å². The molecule has 0 aromatic heterocycles. The number of nitrogens with zero attached hydrogens (tertiary/aromatic N) is 2. The van der Waals surface area contributed by atoms with Gasteiger partial charge in [0.25, 0.3) is 5.91 Å². The van der Waals surface area contributed by atoms with Gasteiger partial charge in [0.2, 0.25) is 0 Å². The average molecular weight is 277 g/mol. The molecule has 1 saturated heterocycles. The Morgan fingerprint density at radius 3 is 2.55 bits per heavy atom. The maximum atomic E-state index is 12.0. The molecule has 0 unspecified atom stereocenters. The minimum absolute atomic E-state index is 0.00183. The van der Waals surface area contributed by atoms with Crippen LogP contribution in [0.3, 0.4) is 0 Å². The number of anilines is 2. The van der Waals surface area contributed by atoms with Crippen LogP contribution in [0.4, 0.5) is 11.4 Å². The summed E-state index contributed by atoms with van der Waals surface area (Å²) in [5.41, 5.74) is 8.41. The van der Waals surface area contributed by atoms with E-state index in [-0.39, 0.29) is 5.91 Å². The molecule has 2 rings (SSSR count). The van der Waals surface area contributed by atoms with Crippen LogP contribution in [0.2, 0.25) is 0 Å². The van der Waals surface area contributed by atoms with E-state index in [9.17, 15) is 4.79 Å². The fraction of sp³-hybridized carbons (Fsp3) is 0.533. The summed E-state index contributed by atoms with van der Waals surface area (Å²) >= 11 is 0. The highest BCUT2D eigenvalue weighted by molar-refractivity contribution is 5.96. The first kappa shape index (κ1) is 14.7. The van der Waals surface area contributed by atoms with Gasteiger partial charge in [-0.3, -0.25) is 4.79 Å². The summed E-state index contributed by atoms with van der Waals surface area (Å²) in [6, 6.07) is 5.49. The number of hydrogen-bond acceptors (Lipinski definition) is 4. The average Bonchev–Trinajstić information content (AvgIpc) is 2.47. The first-order valence-electron chi connectivity index (χ1n) is 6.92. The number of hydrogen-bond donors (Lipinski definition) is 1. The molecule has 1 aromatic carbocycles. The molecule has 5 heteroatoms. The first-order valence-corrected chi connectivity index (χ1v) is 6.92. The predicted octanol–water partition coefficient (Wildman–Crippen LogP) is 1.59. The number of methoxy groups -OCH3 is 1. The zero-order valence-corrected chi connectivity index (χ0v) is 12.4. The minimum atomic E-state index is -0.00183. The maximum absolute atomic E-state index is 12.0. The lowest BCUT2D eigenvalue weighted by molar-refractivity contribution is 0.0815. The molecular weight excluding hydrogens is 254 g/mol. The van der Waals surface area contributed by atoms with Gasteiger partial charge in [0.1, 0.15) is 0 Å². The number of carbonyl (C=O) groups is 1. The Hall–Kier alpha value is -1.75. The van der Waals surface area contributed by atoms with Crippen molar-refractivity contribution in [3.05, 3.63) is 23.8 Å². The Balaban J connectivity index is 2.19. The van der Waals surface area contributed by atoms with E-state index >= 15 is 0 Å². The molecule has 1 aliphatic heterocycles. The van der Waals surface area contributed by atoms with E-state index in [0.29, 0.717) is 11.7 Å². The van der Waals surface area contributed by atoms with E-state index in [1.54, 1.807) is 32.2 Å². The molecule has 0 radical (unpaired) electrons. The van der Waals surface area contributed by atoms with Gasteiger partial charge in [-0.15, -0.1) is 0 Å². The number of ether oxygens (including phenoxy) is 1. The topological polar surface area (TPSA) is 58.8 Å². The SMILES string of the molecule is COC1CCN(c2cc(C(=O)N(C)C)ccc2N)CC1. The predicted molar refractivity (Wildman–Crippen MR) is 81.1 cm³/mol. The van der Waals surface area contributed by atoms with Crippen molar-refractivity contribution in [1.29, 1.82) is 0 Å². The third kappa shape index (κ3) is 3.04. The van der Waals surface area contributed by atoms with Crippen LogP contribution in [0, 0.1) is 0 Å². The monoisotopic (exact) mass is 277 g/mol. The normalized spacial score (nSPS) is 16.2. The Bertz CT molecular complexity index is 480. The molecule has 110 valence electrons. The van der Waals surface area contributed by atoms with E-state index < -0.39 is 0 Å². The maximum Gasteiger partial charge on any atom is 0.253 e. The highest BCUT2D eigenvalue weighted by atomic mass is 16.5. The fourth-order valence-corrected chi connectivity index (χ4v) is 2.54. The quantitative estimate of drug-likeness (QED) is 0.852. The van der Waals surface area contributed by atoms with Crippen molar-refractivity contribution < 1.29 is 9.53 Å². The first-order chi connectivity index (χ1) is 9.52. The second-order valence-electron chi connectivity index (χ2n) is 5.40. The van der Waals surface area contributed by atoms with Crippen LogP contribution in [0.25, 0.3) is 0 Å². The van der Waals surface area contributed by atoms with Crippen molar-refractivity contribution in [3.63, 3.8) is 0 Å². The molecule has 5 nitrogen and oxygen atoms in total. The van der Waals surface area contributed by atoms with E-state index in [2.05, 4.69) is 4.90 Å². The summed E-state index contributed by atoms with van der Waals surface area (Å²) in [5, 5.41) is 0. The van der Waals surface area contributed by atoms with E-state index in [1.807, 2.05) is 12.1 Å². The zero-order chi connectivity index (χ0) is 14.7. The number of carbonyl (C=O) groups excluding carboxylic acids is 1. The molecule has 0 spiro atoms. The smallest absolute Gasteiger partial charge is 0.253 e. The van der Waals surface area contributed by atoms with Crippen LogP contribution in [-0.4, -0.2) is 51.2 Å². The highest BCUT2D eigenvalue weighted by Crippen LogP contribution is 2.28. The van der Waals surface area contributed by atoms with Gasteiger partial charge in [-0.1, -0.05) is 0 Å². The lowest BCUT2D eigenvalue weighted by Crippen LogP contribution is -2.37. The lowest BCUT2D eigenvalue weighted by Gasteiger charge is -2.33. The molecule has 20 heavy (non-hydrogen) atoms. The largest absolute Gasteiger partial charge is 0.397 e. The Morgan fingerprint density at radius 2 is 2.00 bits per heavy atom. The van der Waals surface area contributed by atoms with Crippen LogP contribution >= 0.6 is 0 Å². The molecule has 1 fully saturated rings. The second-order valence-corrected chi connectivity index (χ2v) is 5.40. The molecule has 1 aliphatic rings. The molecule has 1 heterocycles. The molecule has 2 N–H and O–H groups in total. The lowest BCUT2D eigenvalue weighted by atomic mass is 10.1. The van der Waals surface area contributed by atoms with Gasteiger partial charge in [-0.05, 0) is 31.0 Å². The van der Waals surface area contributed by atoms with Gasteiger partial charge in [0.15, 0.2) is 0 Å². The van der Waals surface area contributed by atoms with Crippen molar-refractivity contribution in [3.8, 4) is 0 Å². The van der Waals surface area contributed by atoms with Gasteiger partial charge in [-0.25, -0.2) is 0 Å². The number of benzene rings is 1. The van der Waals surface area contributed by atoms with Gasteiger partial charge < -0.3 is 20.3 Å². The highest BCUT2D eigenvalue weighted by Gasteiger charge is 2.21. The molecule has 1 amide bonds. The fourth-order valence-electron chi connectivity index (χ4n) is 2.54. The van der Waals surface area contributed by atoms with Gasteiger partial charge in [0, 0.05) is 39.9 Å². The van der Waals surface area contributed by atoms with Gasteiger partial charge >= 0.3 is 0 Å². The van der Waals surface area contributed by atoms with E-state index in [4.69, 9.17) is 10.5 Å². The molecule has 1 aromatic rings. The third-order valence-corrected chi connectivity index (χ3v) is 3.80. The van der Waals surface area contributed by atoms with Crippen LogP contribution in [0.15, 0.2) is 18.2 Å². The number of nitrogen functional groups attached to an aromatic ring is 1. The summed E-state index contributed by atoms with van der Waals surface area (Å²) in [6.07, 6.45) is 2.31. The van der Waals surface area contributed by atoms with Crippen molar-refractivity contribution >= 4 is 17.3 Å². The van der Waals surface area contributed by atoms with Crippen LogP contribution in [-0.2, 0) is 4.74 Å². The van der Waals surface area contributed by atoms with Crippen molar-refractivity contribution in [2.75, 3.05) is 44.9 Å². The Morgan fingerprint density at radius 1 is 1.35 bits per heavy atom. The summed E-state index contributed by atoms with van der Waals surface area (Å²) < 4.78 is 5.38. The summed E-state index contributed by atoms with van der Waals surface area (Å²) in [6.45, 7) is 1.81. The van der Waals surface area contributed by atoms with E-state index in [0.717, 1.165) is 37.3 Å². The summed E-state index contributed by atoms with van der Waals surface area (Å²) in [7, 11) is 5.26. The van der Waals surface area contributed by atoms with Crippen molar-refractivity contribution in [1.82, 2.24) is 4.90 Å². The van der Waals surface area contributed by atoms with Crippen molar-refractivity contribution in [2.24, 2.45) is 0 Å². The summed E-state index contributed by atoms with van der Waals surface area (Å²) in [4.78, 5) is 15.8. The molecule has 0 saturated carbocycles. The summed E-state index contributed by atoms with van der Waals surface area (Å²) in [5.74, 6) is -0.00183. The second kappa shape index (κ2) is 6.13. The minimum Gasteiger partial charge on any atom is -0.397 e. The van der Waals surface area contributed by atoms with Crippen LogP contribution in [0.1, 0.15) is 23.2 Å². The number of rotatable bonds is 3. The number of nitrogens with two attached hydrogens (primary N) is 1. The van der Waals surface area contributed by atoms with Gasteiger partial charge in [0.05, 0.1) is 17.5 Å². The number of piperidine rings is 1. The van der Waals surface area contributed by atoms with E-state index in [1.165, 1.54) is 0 Å².